The molecule has 0 bridgehead atoms. The first-order valence-electron chi connectivity index (χ1n) is 5.17. The molecule has 0 aliphatic heterocycles. The van der Waals surface area contributed by atoms with Gasteiger partial charge in [-0.3, -0.25) is 8.74 Å². The minimum absolute atomic E-state index is 0.414. The zero-order valence-electron chi connectivity index (χ0n) is 9.93. The molecule has 0 radical (unpaired) electrons. The van der Waals surface area contributed by atoms with E-state index in [0.717, 1.165) is 6.92 Å². The third-order valence-corrected chi connectivity index (χ3v) is 4.37. The summed E-state index contributed by atoms with van der Waals surface area (Å²) in [5, 5.41) is 0. The van der Waals surface area contributed by atoms with Crippen LogP contribution in [0.25, 0.3) is 0 Å². The van der Waals surface area contributed by atoms with Crippen molar-refractivity contribution in [1.29, 1.82) is 0 Å². The fourth-order valence-electron chi connectivity index (χ4n) is 1.33. The molecule has 2 atom stereocenters. The lowest BCUT2D eigenvalue weighted by Crippen LogP contribution is -2.32. The predicted octanol–water partition coefficient (Wildman–Crippen LogP) is 1.10. The summed E-state index contributed by atoms with van der Waals surface area (Å²) >= 11 is 0. The maximum atomic E-state index is 13.1. The second kappa shape index (κ2) is 5.95. The first-order chi connectivity index (χ1) is 8.62. The Bertz CT molecular complexity index is 611. The van der Waals surface area contributed by atoms with Crippen LogP contribution in [-0.2, 0) is 30.2 Å². The first-order valence-corrected chi connectivity index (χ1v) is 8.25. The summed E-state index contributed by atoms with van der Waals surface area (Å²) in [5.74, 6) is -0.517. The Hall–Kier alpha value is -1.03. The zero-order chi connectivity index (χ0) is 14.7. The van der Waals surface area contributed by atoms with Crippen molar-refractivity contribution >= 4 is 20.2 Å². The topological polar surface area (TPSA) is 97.7 Å². The normalized spacial score (nSPS) is 15.9. The average molecular weight is 312 g/mol. The maximum absolute atomic E-state index is 13.1. The standard InChI is InChI=1S/C10H13FO6S2/c1-8(10(11)19(14,15)16)17-18(12,13)7-9-5-3-2-4-6-9/h2-6,8,10H,7H2,1H3,(H,14,15,16). The van der Waals surface area contributed by atoms with Crippen LogP contribution < -0.4 is 0 Å². The number of rotatable bonds is 6. The molecule has 9 heteroatoms. The van der Waals surface area contributed by atoms with Crippen molar-refractivity contribution in [2.24, 2.45) is 0 Å². The van der Waals surface area contributed by atoms with Gasteiger partial charge in [-0.25, -0.2) is 4.39 Å². The molecular formula is C10H13FO6S2. The van der Waals surface area contributed by atoms with E-state index >= 15 is 0 Å². The highest BCUT2D eigenvalue weighted by Crippen LogP contribution is 2.15. The van der Waals surface area contributed by atoms with Crippen molar-refractivity contribution in [1.82, 2.24) is 0 Å². The van der Waals surface area contributed by atoms with Crippen molar-refractivity contribution in [3.8, 4) is 0 Å². The van der Waals surface area contributed by atoms with E-state index in [1.54, 1.807) is 18.2 Å². The minimum atomic E-state index is -5.00. The van der Waals surface area contributed by atoms with Crippen LogP contribution in [0.3, 0.4) is 0 Å². The molecule has 0 aliphatic rings. The molecule has 1 aromatic rings. The van der Waals surface area contributed by atoms with E-state index in [9.17, 15) is 21.2 Å². The van der Waals surface area contributed by atoms with E-state index in [0.29, 0.717) is 5.56 Å². The summed E-state index contributed by atoms with van der Waals surface area (Å²) in [7, 11) is -9.16. The van der Waals surface area contributed by atoms with Gasteiger partial charge in [0, 0.05) is 0 Å². The van der Waals surface area contributed by atoms with Gasteiger partial charge in [-0.15, -0.1) is 0 Å². The van der Waals surface area contributed by atoms with Crippen LogP contribution >= 0.6 is 0 Å². The molecule has 0 fully saturated rings. The highest BCUT2D eigenvalue weighted by molar-refractivity contribution is 7.87. The van der Waals surface area contributed by atoms with Crippen LogP contribution in [-0.4, -0.2) is 33.0 Å². The van der Waals surface area contributed by atoms with E-state index in [4.69, 9.17) is 4.55 Å². The molecule has 0 saturated carbocycles. The minimum Gasteiger partial charge on any atom is -0.283 e. The van der Waals surface area contributed by atoms with Crippen LogP contribution in [0.15, 0.2) is 30.3 Å². The van der Waals surface area contributed by atoms with Crippen molar-refractivity contribution in [3.05, 3.63) is 35.9 Å². The lowest BCUT2D eigenvalue weighted by atomic mass is 10.2. The Labute approximate surface area is 111 Å². The Kier molecular flexibility index (Phi) is 5.02. The molecule has 1 N–H and O–H groups in total. The molecule has 19 heavy (non-hydrogen) atoms. The van der Waals surface area contributed by atoms with Gasteiger partial charge in [0.1, 0.15) is 11.9 Å². The fraction of sp³-hybridized carbons (Fsp3) is 0.400. The number of alkyl halides is 1. The Morgan fingerprint density at radius 3 is 2.21 bits per heavy atom. The van der Waals surface area contributed by atoms with Gasteiger partial charge in [0.05, 0.1) is 0 Å². The number of hydrogen-bond acceptors (Lipinski definition) is 5. The summed E-state index contributed by atoms with van der Waals surface area (Å²) in [6, 6.07) is 7.98. The highest BCUT2D eigenvalue weighted by atomic mass is 32.2. The van der Waals surface area contributed by atoms with Gasteiger partial charge in [-0.05, 0) is 12.5 Å². The van der Waals surface area contributed by atoms with Crippen LogP contribution in [0.2, 0.25) is 0 Å². The molecule has 0 spiro atoms. The summed E-state index contributed by atoms with van der Waals surface area (Å²) in [4.78, 5) is 0. The van der Waals surface area contributed by atoms with Crippen molar-refractivity contribution < 1.29 is 30.0 Å². The average Bonchev–Trinajstić information content (AvgIpc) is 2.26. The molecule has 0 saturated heterocycles. The Morgan fingerprint density at radius 2 is 1.74 bits per heavy atom. The maximum Gasteiger partial charge on any atom is 0.300 e. The summed E-state index contributed by atoms with van der Waals surface area (Å²) in [6.45, 7) is 0.904. The first kappa shape index (κ1) is 16.0. The fourth-order valence-corrected chi connectivity index (χ4v) is 3.17. The van der Waals surface area contributed by atoms with Crippen molar-refractivity contribution in [2.45, 2.75) is 24.3 Å². The molecule has 0 amide bonds. The van der Waals surface area contributed by atoms with Crippen LogP contribution in [0.4, 0.5) is 4.39 Å². The van der Waals surface area contributed by atoms with Crippen LogP contribution in [0.1, 0.15) is 12.5 Å². The molecule has 1 rings (SSSR count). The van der Waals surface area contributed by atoms with Gasteiger partial charge in [0.15, 0.2) is 0 Å². The lowest BCUT2D eigenvalue weighted by Gasteiger charge is -2.14. The second-order valence-electron chi connectivity index (χ2n) is 3.86. The van der Waals surface area contributed by atoms with E-state index in [1.807, 2.05) is 0 Å². The largest absolute Gasteiger partial charge is 0.300 e. The third kappa shape index (κ3) is 5.23. The zero-order valence-corrected chi connectivity index (χ0v) is 11.6. The smallest absolute Gasteiger partial charge is 0.283 e. The lowest BCUT2D eigenvalue weighted by molar-refractivity contribution is 0.158. The Morgan fingerprint density at radius 1 is 1.21 bits per heavy atom. The summed E-state index contributed by atoms with van der Waals surface area (Å²) < 4.78 is 70.2. The molecule has 0 aromatic heterocycles. The third-order valence-electron chi connectivity index (χ3n) is 2.14. The van der Waals surface area contributed by atoms with Gasteiger partial charge < -0.3 is 0 Å². The van der Waals surface area contributed by atoms with E-state index in [2.05, 4.69) is 4.18 Å². The molecule has 0 aliphatic carbocycles. The highest BCUT2D eigenvalue weighted by Gasteiger charge is 2.33. The molecule has 2 unspecified atom stereocenters. The number of halogens is 1. The number of hydrogen-bond donors (Lipinski definition) is 1. The second-order valence-corrected chi connectivity index (χ2v) is 6.93. The Balaban J connectivity index is 2.76. The molecule has 6 nitrogen and oxygen atoms in total. The van der Waals surface area contributed by atoms with Crippen molar-refractivity contribution in [3.63, 3.8) is 0 Å². The monoisotopic (exact) mass is 312 g/mol. The molecule has 108 valence electrons. The molecular weight excluding hydrogens is 299 g/mol. The van der Waals surface area contributed by atoms with Crippen molar-refractivity contribution in [2.75, 3.05) is 0 Å². The molecule has 0 heterocycles. The van der Waals surface area contributed by atoms with Gasteiger partial charge in [0.2, 0.25) is 0 Å². The van der Waals surface area contributed by atoms with Gasteiger partial charge in [0.25, 0.3) is 25.7 Å². The SMILES string of the molecule is CC(OS(=O)(=O)Cc1ccccc1)C(F)S(=O)(=O)O. The quantitative estimate of drug-likeness (QED) is 0.624. The van der Waals surface area contributed by atoms with Gasteiger partial charge in [-0.1, -0.05) is 30.3 Å². The summed E-state index contributed by atoms with van der Waals surface area (Å²) in [6.07, 6.45) is -1.83. The van der Waals surface area contributed by atoms with Crippen LogP contribution in [0.5, 0.6) is 0 Å². The van der Waals surface area contributed by atoms with E-state index in [1.165, 1.54) is 12.1 Å². The number of benzene rings is 1. The summed E-state index contributed by atoms with van der Waals surface area (Å²) in [5.41, 5.74) is -2.41. The van der Waals surface area contributed by atoms with E-state index in [-0.39, 0.29) is 0 Å². The molecule has 1 aromatic carbocycles. The predicted molar refractivity (Wildman–Crippen MR) is 66.1 cm³/mol. The van der Waals surface area contributed by atoms with E-state index < -0.39 is 37.6 Å². The van der Waals surface area contributed by atoms with Crippen LogP contribution in [0, 0.1) is 0 Å². The van der Waals surface area contributed by atoms with Gasteiger partial charge in [-0.2, -0.15) is 16.8 Å². The van der Waals surface area contributed by atoms with Gasteiger partial charge >= 0.3 is 0 Å².